The predicted molar refractivity (Wildman–Crippen MR) is 88.5 cm³/mol. The zero-order chi connectivity index (χ0) is 18.7. The molecule has 1 amide bonds. The van der Waals surface area contributed by atoms with Gasteiger partial charge >= 0.3 is 6.18 Å². The van der Waals surface area contributed by atoms with Crippen molar-refractivity contribution >= 4 is 11.7 Å². The molecule has 5 nitrogen and oxygen atoms in total. The minimum atomic E-state index is -4.42. The monoisotopic (exact) mass is 360 g/mol. The van der Waals surface area contributed by atoms with Crippen LogP contribution in [0.1, 0.15) is 21.5 Å². The van der Waals surface area contributed by atoms with Crippen molar-refractivity contribution in [2.75, 3.05) is 31.1 Å². The van der Waals surface area contributed by atoms with Crippen LogP contribution in [0.15, 0.2) is 42.6 Å². The summed E-state index contributed by atoms with van der Waals surface area (Å²) < 4.78 is 37.8. The number of anilines is 1. The molecule has 0 atom stereocenters. The Labute approximate surface area is 148 Å². The zero-order valence-corrected chi connectivity index (χ0v) is 13.7. The van der Waals surface area contributed by atoms with Crippen molar-refractivity contribution in [1.29, 1.82) is 5.26 Å². The number of carbonyl (C=O) groups excluding carboxylic acids is 1. The van der Waals surface area contributed by atoms with Gasteiger partial charge in [-0.25, -0.2) is 4.98 Å². The lowest BCUT2D eigenvalue weighted by molar-refractivity contribution is -0.137. The average Bonchev–Trinajstić information content (AvgIpc) is 2.67. The summed E-state index contributed by atoms with van der Waals surface area (Å²) in [6, 6.07) is 9.69. The number of hydrogen-bond donors (Lipinski definition) is 0. The maximum Gasteiger partial charge on any atom is 0.416 e. The number of piperazine rings is 1. The Morgan fingerprint density at radius 1 is 1.08 bits per heavy atom. The molecule has 0 aliphatic carbocycles. The maximum absolute atomic E-state index is 12.6. The van der Waals surface area contributed by atoms with Gasteiger partial charge in [0.2, 0.25) is 0 Å². The van der Waals surface area contributed by atoms with Crippen LogP contribution in [-0.4, -0.2) is 42.0 Å². The molecular formula is C18H15F3N4O. The lowest BCUT2D eigenvalue weighted by Gasteiger charge is -2.35. The van der Waals surface area contributed by atoms with E-state index in [2.05, 4.69) is 11.1 Å². The van der Waals surface area contributed by atoms with Crippen LogP contribution in [0, 0.1) is 11.3 Å². The summed E-state index contributed by atoms with van der Waals surface area (Å²) in [4.78, 5) is 20.2. The molecule has 0 radical (unpaired) electrons. The Bertz CT molecular complexity index is 835. The van der Waals surface area contributed by atoms with Crippen molar-refractivity contribution < 1.29 is 18.0 Å². The van der Waals surface area contributed by atoms with Crippen LogP contribution in [-0.2, 0) is 6.18 Å². The fourth-order valence-corrected chi connectivity index (χ4v) is 2.84. The Balaban J connectivity index is 1.66. The number of benzene rings is 1. The molecule has 134 valence electrons. The predicted octanol–water partition coefficient (Wildman–Crippen LogP) is 2.93. The summed E-state index contributed by atoms with van der Waals surface area (Å²) in [5.74, 6) is 0.275. The van der Waals surface area contributed by atoms with Gasteiger partial charge in [0, 0.05) is 37.9 Å². The van der Waals surface area contributed by atoms with E-state index in [1.807, 2.05) is 4.90 Å². The molecule has 2 aromatic rings. The van der Waals surface area contributed by atoms with Crippen molar-refractivity contribution in [3.8, 4) is 6.07 Å². The number of nitriles is 1. The number of aromatic nitrogens is 1. The fourth-order valence-electron chi connectivity index (χ4n) is 2.84. The van der Waals surface area contributed by atoms with E-state index in [9.17, 15) is 18.0 Å². The molecule has 1 aliphatic heterocycles. The van der Waals surface area contributed by atoms with Crippen molar-refractivity contribution in [3.05, 3.63) is 59.3 Å². The second-order valence-electron chi connectivity index (χ2n) is 5.84. The second kappa shape index (κ2) is 7.04. The highest BCUT2D eigenvalue weighted by molar-refractivity contribution is 5.94. The average molecular weight is 360 g/mol. The van der Waals surface area contributed by atoms with Gasteiger partial charge in [0.1, 0.15) is 11.9 Å². The third-order valence-corrected chi connectivity index (χ3v) is 4.23. The lowest BCUT2D eigenvalue weighted by Crippen LogP contribution is -2.49. The van der Waals surface area contributed by atoms with Gasteiger partial charge in [-0.2, -0.15) is 18.4 Å². The first-order valence-corrected chi connectivity index (χ1v) is 7.97. The molecule has 8 heteroatoms. The van der Waals surface area contributed by atoms with E-state index in [1.54, 1.807) is 23.2 Å². The molecule has 1 aromatic heterocycles. The van der Waals surface area contributed by atoms with E-state index >= 15 is 0 Å². The Kier molecular flexibility index (Phi) is 4.80. The molecule has 0 unspecified atom stereocenters. The maximum atomic E-state index is 12.6. The summed E-state index contributed by atoms with van der Waals surface area (Å²) in [6.45, 7) is 1.80. The number of amides is 1. The van der Waals surface area contributed by atoms with Gasteiger partial charge in [-0.05, 0) is 36.4 Å². The molecular weight excluding hydrogens is 345 g/mol. The van der Waals surface area contributed by atoms with Gasteiger partial charge in [-0.15, -0.1) is 0 Å². The smallest absolute Gasteiger partial charge is 0.352 e. The van der Waals surface area contributed by atoms with E-state index in [0.29, 0.717) is 37.6 Å². The number of pyridine rings is 1. The van der Waals surface area contributed by atoms with E-state index in [4.69, 9.17) is 5.26 Å². The first kappa shape index (κ1) is 17.7. The Morgan fingerprint density at radius 3 is 2.31 bits per heavy atom. The third-order valence-electron chi connectivity index (χ3n) is 4.23. The number of rotatable bonds is 2. The zero-order valence-electron chi connectivity index (χ0n) is 13.7. The normalized spacial score (nSPS) is 14.8. The summed E-state index contributed by atoms with van der Waals surface area (Å²) in [5, 5.41) is 9.16. The van der Waals surface area contributed by atoms with Gasteiger partial charge in [0.25, 0.3) is 5.91 Å². The molecule has 1 aliphatic rings. The molecule has 0 spiro atoms. The molecule has 3 rings (SSSR count). The number of halogens is 3. The number of hydrogen-bond acceptors (Lipinski definition) is 4. The van der Waals surface area contributed by atoms with Crippen LogP contribution in [0.4, 0.5) is 19.0 Å². The van der Waals surface area contributed by atoms with Crippen molar-refractivity contribution in [2.45, 2.75) is 6.18 Å². The molecule has 1 saturated heterocycles. The Morgan fingerprint density at radius 2 is 1.73 bits per heavy atom. The van der Waals surface area contributed by atoms with E-state index in [1.165, 1.54) is 12.1 Å². The minimum Gasteiger partial charge on any atom is -0.352 e. The van der Waals surface area contributed by atoms with E-state index in [-0.39, 0.29) is 11.5 Å². The number of nitrogens with zero attached hydrogens (tertiary/aromatic N) is 4. The van der Waals surface area contributed by atoms with Gasteiger partial charge < -0.3 is 9.80 Å². The highest BCUT2D eigenvalue weighted by Crippen LogP contribution is 2.29. The Hall–Kier alpha value is -3.08. The SMILES string of the molecule is N#Cc1cccnc1N1CCN(C(=O)c2ccc(C(F)(F)F)cc2)CC1. The molecule has 0 saturated carbocycles. The highest BCUT2D eigenvalue weighted by Gasteiger charge is 2.31. The second-order valence-corrected chi connectivity index (χ2v) is 5.84. The standard InChI is InChI=1S/C18H15F3N4O/c19-18(20,21)15-5-3-13(4-6-15)17(26)25-10-8-24(9-11-25)16-14(12-22)2-1-7-23-16/h1-7H,8-11H2. The summed E-state index contributed by atoms with van der Waals surface area (Å²) in [5.41, 5.74) is -0.0879. The van der Waals surface area contributed by atoms with Gasteiger partial charge in [-0.3, -0.25) is 4.79 Å². The molecule has 26 heavy (non-hydrogen) atoms. The fraction of sp³-hybridized carbons (Fsp3) is 0.278. The largest absolute Gasteiger partial charge is 0.416 e. The van der Waals surface area contributed by atoms with Crippen LogP contribution in [0.5, 0.6) is 0 Å². The first-order valence-electron chi connectivity index (χ1n) is 7.97. The minimum absolute atomic E-state index is 0.224. The first-order chi connectivity index (χ1) is 12.4. The summed E-state index contributed by atoms with van der Waals surface area (Å²) in [6.07, 6.45) is -2.82. The topological polar surface area (TPSA) is 60.2 Å². The van der Waals surface area contributed by atoms with Crippen LogP contribution < -0.4 is 4.90 Å². The molecule has 0 bridgehead atoms. The van der Waals surface area contributed by atoms with Crippen LogP contribution >= 0.6 is 0 Å². The quantitative estimate of drug-likeness (QED) is 0.826. The van der Waals surface area contributed by atoms with Crippen molar-refractivity contribution in [1.82, 2.24) is 9.88 Å². The molecule has 1 fully saturated rings. The molecule has 2 heterocycles. The summed E-state index contributed by atoms with van der Waals surface area (Å²) >= 11 is 0. The van der Waals surface area contributed by atoms with Crippen LogP contribution in [0.3, 0.4) is 0 Å². The van der Waals surface area contributed by atoms with E-state index < -0.39 is 11.7 Å². The van der Waals surface area contributed by atoms with Crippen molar-refractivity contribution in [2.24, 2.45) is 0 Å². The third kappa shape index (κ3) is 3.61. The highest BCUT2D eigenvalue weighted by atomic mass is 19.4. The summed E-state index contributed by atoms with van der Waals surface area (Å²) in [7, 11) is 0. The molecule has 0 N–H and O–H groups in total. The lowest BCUT2D eigenvalue weighted by atomic mass is 10.1. The van der Waals surface area contributed by atoms with Gasteiger partial charge in [0.05, 0.1) is 11.1 Å². The van der Waals surface area contributed by atoms with Crippen molar-refractivity contribution in [3.63, 3.8) is 0 Å². The van der Waals surface area contributed by atoms with E-state index in [0.717, 1.165) is 12.1 Å². The van der Waals surface area contributed by atoms with Crippen LogP contribution in [0.2, 0.25) is 0 Å². The van der Waals surface area contributed by atoms with Gasteiger partial charge in [-0.1, -0.05) is 0 Å². The van der Waals surface area contributed by atoms with Crippen LogP contribution in [0.25, 0.3) is 0 Å². The van der Waals surface area contributed by atoms with Gasteiger partial charge in [0.15, 0.2) is 0 Å². The number of carbonyl (C=O) groups is 1. The molecule has 1 aromatic carbocycles. The number of alkyl halides is 3.